The van der Waals surface area contributed by atoms with Gasteiger partial charge < -0.3 is 4.90 Å². The summed E-state index contributed by atoms with van der Waals surface area (Å²) in [6.07, 6.45) is 3.36. The van der Waals surface area contributed by atoms with Crippen LogP contribution >= 0.6 is 11.6 Å². The van der Waals surface area contributed by atoms with Gasteiger partial charge in [-0.25, -0.2) is 0 Å². The molecule has 1 atom stereocenters. The van der Waals surface area contributed by atoms with Crippen LogP contribution in [0.4, 0.5) is 0 Å². The second-order valence-corrected chi connectivity index (χ2v) is 2.34. The fraction of sp³-hybridized carbons (Fsp3) is 0.500. The molecule has 0 saturated carbocycles. The summed E-state index contributed by atoms with van der Waals surface area (Å²) in [5.41, 5.74) is 0. The van der Waals surface area contributed by atoms with E-state index in [0.717, 1.165) is 0 Å². The van der Waals surface area contributed by atoms with Crippen molar-refractivity contribution in [2.24, 2.45) is 0 Å². The summed E-state index contributed by atoms with van der Waals surface area (Å²) in [7, 11) is 1.75. The van der Waals surface area contributed by atoms with Gasteiger partial charge in [-0.1, -0.05) is 6.08 Å². The highest BCUT2D eigenvalue weighted by molar-refractivity contribution is 6.18. The van der Waals surface area contributed by atoms with Crippen molar-refractivity contribution in [3.05, 3.63) is 12.2 Å². The molecule has 0 fully saturated rings. The zero-order valence-corrected chi connectivity index (χ0v) is 5.93. The zero-order chi connectivity index (χ0) is 6.85. The number of halogens is 1. The van der Waals surface area contributed by atoms with Crippen LogP contribution in [0, 0.1) is 0 Å². The van der Waals surface area contributed by atoms with E-state index in [0.29, 0.717) is 5.88 Å². The van der Waals surface area contributed by atoms with Gasteiger partial charge in [-0.3, -0.25) is 4.79 Å². The van der Waals surface area contributed by atoms with Crippen LogP contribution in [0.5, 0.6) is 0 Å². The van der Waals surface area contributed by atoms with Crippen LogP contribution in [0.1, 0.15) is 0 Å². The summed E-state index contributed by atoms with van der Waals surface area (Å²) in [5.74, 6) is 0.527. The molecule has 0 N–H and O–H groups in total. The van der Waals surface area contributed by atoms with Gasteiger partial charge in [0.15, 0.2) is 0 Å². The molecule has 0 aromatic rings. The lowest BCUT2D eigenvalue weighted by atomic mass is 10.3. The van der Waals surface area contributed by atoms with Crippen LogP contribution in [-0.2, 0) is 4.79 Å². The van der Waals surface area contributed by atoms with Crippen LogP contribution in [0.2, 0.25) is 0 Å². The highest BCUT2D eigenvalue weighted by atomic mass is 35.5. The second-order valence-electron chi connectivity index (χ2n) is 2.03. The Morgan fingerprint density at radius 2 is 2.56 bits per heavy atom. The lowest BCUT2D eigenvalue weighted by molar-refractivity contribution is -0.124. The van der Waals surface area contributed by atoms with Crippen molar-refractivity contribution >= 4 is 17.5 Å². The van der Waals surface area contributed by atoms with Gasteiger partial charge in [-0.15, -0.1) is 11.6 Å². The molecule has 1 unspecified atom stereocenters. The van der Waals surface area contributed by atoms with E-state index in [2.05, 4.69) is 0 Å². The fourth-order valence-electron chi connectivity index (χ4n) is 0.758. The minimum absolute atomic E-state index is 0.0423. The third-order valence-corrected chi connectivity index (χ3v) is 1.78. The molecular weight excluding hydrogens is 138 g/mol. The molecule has 50 valence electrons. The molecule has 1 aliphatic heterocycles. The third-order valence-electron chi connectivity index (χ3n) is 1.46. The van der Waals surface area contributed by atoms with Crippen LogP contribution in [0.25, 0.3) is 0 Å². The van der Waals surface area contributed by atoms with Crippen LogP contribution in [0.3, 0.4) is 0 Å². The minimum Gasteiger partial charge on any atom is -0.335 e. The maximum Gasteiger partial charge on any atom is 0.246 e. The smallest absolute Gasteiger partial charge is 0.246 e. The number of likely N-dealkylation sites (N-methyl/N-ethyl adjacent to an activating group) is 1. The van der Waals surface area contributed by atoms with Crippen molar-refractivity contribution in [2.45, 2.75) is 6.04 Å². The minimum atomic E-state index is 0.0423. The summed E-state index contributed by atoms with van der Waals surface area (Å²) in [4.78, 5) is 12.3. The molecule has 2 nitrogen and oxygen atoms in total. The predicted molar refractivity (Wildman–Crippen MR) is 36.4 cm³/mol. The number of nitrogens with zero attached hydrogens (tertiary/aromatic N) is 1. The van der Waals surface area contributed by atoms with E-state index in [9.17, 15) is 4.79 Å². The van der Waals surface area contributed by atoms with E-state index in [1.807, 2.05) is 6.08 Å². The highest BCUT2D eigenvalue weighted by Crippen LogP contribution is 2.08. The molecule has 0 saturated heterocycles. The molecule has 0 spiro atoms. The average molecular weight is 146 g/mol. The van der Waals surface area contributed by atoms with Crippen molar-refractivity contribution in [3.8, 4) is 0 Å². The van der Waals surface area contributed by atoms with Gasteiger partial charge in [-0.2, -0.15) is 0 Å². The first-order valence-corrected chi connectivity index (χ1v) is 3.30. The van der Waals surface area contributed by atoms with Crippen molar-refractivity contribution < 1.29 is 4.79 Å². The molecular formula is C6H8ClNO. The first-order chi connectivity index (χ1) is 4.25. The number of hydrogen-bond acceptors (Lipinski definition) is 1. The molecule has 0 aliphatic carbocycles. The van der Waals surface area contributed by atoms with E-state index in [1.165, 1.54) is 0 Å². The third kappa shape index (κ3) is 1.08. The lowest BCUT2D eigenvalue weighted by Crippen LogP contribution is -2.30. The maximum absolute atomic E-state index is 10.7. The summed E-state index contributed by atoms with van der Waals surface area (Å²) in [6.45, 7) is 0. The Labute approximate surface area is 59.1 Å². The average Bonchev–Trinajstić information content (AvgIpc) is 2.15. The fourth-order valence-corrected chi connectivity index (χ4v) is 1.07. The SMILES string of the molecule is CN1C(=O)C=CC1CCl. The van der Waals surface area contributed by atoms with Gasteiger partial charge in [0, 0.05) is 19.0 Å². The summed E-state index contributed by atoms with van der Waals surface area (Å²) < 4.78 is 0. The highest BCUT2D eigenvalue weighted by Gasteiger charge is 2.19. The molecule has 0 radical (unpaired) electrons. The first kappa shape index (κ1) is 6.62. The number of carbonyl (C=O) groups excluding carboxylic acids is 1. The molecule has 1 amide bonds. The number of hydrogen-bond donors (Lipinski definition) is 0. The summed E-state index contributed by atoms with van der Waals surface area (Å²) in [5, 5.41) is 0. The van der Waals surface area contributed by atoms with Gasteiger partial charge in [0.1, 0.15) is 0 Å². The number of carbonyl (C=O) groups is 1. The maximum atomic E-state index is 10.7. The van der Waals surface area contributed by atoms with Crippen molar-refractivity contribution in [1.82, 2.24) is 4.90 Å². The van der Waals surface area contributed by atoms with Crippen LogP contribution in [0.15, 0.2) is 12.2 Å². The van der Waals surface area contributed by atoms with Gasteiger partial charge in [-0.05, 0) is 0 Å². The Morgan fingerprint density at radius 3 is 2.78 bits per heavy atom. The van der Waals surface area contributed by atoms with Crippen LogP contribution < -0.4 is 0 Å². The largest absolute Gasteiger partial charge is 0.335 e. The Balaban J connectivity index is 2.62. The number of rotatable bonds is 1. The van der Waals surface area contributed by atoms with E-state index >= 15 is 0 Å². The zero-order valence-electron chi connectivity index (χ0n) is 5.17. The van der Waals surface area contributed by atoms with E-state index < -0.39 is 0 Å². The second kappa shape index (κ2) is 2.40. The van der Waals surface area contributed by atoms with Crippen molar-refractivity contribution in [1.29, 1.82) is 0 Å². The monoisotopic (exact) mass is 145 g/mol. The van der Waals surface area contributed by atoms with Gasteiger partial charge in [0.25, 0.3) is 0 Å². The molecule has 9 heavy (non-hydrogen) atoms. The van der Waals surface area contributed by atoms with E-state index in [4.69, 9.17) is 11.6 Å². The molecule has 0 bridgehead atoms. The van der Waals surface area contributed by atoms with E-state index in [1.54, 1.807) is 18.0 Å². The Hall–Kier alpha value is -0.500. The molecule has 1 heterocycles. The standard InChI is InChI=1S/C6H8ClNO/c1-8-5(4-7)2-3-6(8)9/h2-3,5H,4H2,1H3. The molecule has 1 rings (SSSR count). The van der Waals surface area contributed by atoms with Crippen LogP contribution in [-0.4, -0.2) is 29.8 Å². The number of amides is 1. The number of alkyl halides is 1. The first-order valence-electron chi connectivity index (χ1n) is 2.76. The summed E-state index contributed by atoms with van der Waals surface area (Å²) >= 11 is 5.52. The van der Waals surface area contributed by atoms with Gasteiger partial charge >= 0.3 is 0 Å². The quantitative estimate of drug-likeness (QED) is 0.496. The Bertz CT molecular complexity index is 155. The molecule has 0 aromatic heterocycles. The Morgan fingerprint density at radius 1 is 1.89 bits per heavy atom. The van der Waals surface area contributed by atoms with Gasteiger partial charge in [0.05, 0.1) is 6.04 Å². The molecule has 3 heteroatoms. The molecule has 1 aliphatic rings. The lowest BCUT2D eigenvalue weighted by Gasteiger charge is -2.15. The van der Waals surface area contributed by atoms with Crippen molar-refractivity contribution in [3.63, 3.8) is 0 Å². The summed E-state index contributed by atoms with van der Waals surface area (Å²) in [6, 6.07) is 0.110. The van der Waals surface area contributed by atoms with Crippen molar-refractivity contribution in [2.75, 3.05) is 12.9 Å². The predicted octanol–water partition coefficient (Wildman–Crippen LogP) is 0.622. The van der Waals surface area contributed by atoms with Gasteiger partial charge in [0.2, 0.25) is 5.91 Å². The van der Waals surface area contributed by atoms with E-state index in [-0.39, 0.29) is 11.9 Å². The molecule has 0 aromatic carbocycles. The normalized spacial score (nSPS) is 25.8. The Kier molecular flexibility index (Phi) is 1.76. The topological polar surface area (TPSA) is 20.3 Å².